The predicted molar refractivity (Wildman–Crippen MR) is 268 cm³/mol. The lowest BCUT2D eigenvalue weighted by Crippen LogP contribution is -2.46. The van der Waals surface area contributed by atoms with E-state index < -0.39 is 233 Å². The summed E-state index contributed by atoms with van der Waals surface area (Å²) in [5, 5.41) is 65.6. The monoisotopic (exact) mass is 1160 g/mol. The number of esters is 3. The zero-order chi connectivity index (χ0) is 61.9. The minimum atomic E-state index is -1.77. The third-order valence-corrected chi connectivity index (χ3v) is 11.4. The second kappa shape index (κ2) is 38.5. The molecule has 0 heterocycles. The molecule has 0 saturated heterocycles. The van der Waals surface area contributed by atoms with Gasteiger partial charge < -0.3 is 88.0 Å². The lowest BCUT2D eigenvalue weighted by molar-refractivity contribution is -0.146. The number of nitrogens with one attached hydrogen (secondary N) is 8. The van der Waals surface area contributed by atoms with Gasteiger partial charge in [0.2, 0.25) is 53.2 Å². The number of primary amides is 1. The van der Waals surface area contributed by atoms with Crippen LogP contribution in [0.5, 0.6) is 0 Å². The molecule has 0 fully saturated rings. The first kappa shape index (κ1) is 72.0. The summed E-state index contributed by atoms with van der Waals surface area (Å²) in [6.07, 6.45) is -7.88. The van der Waals surface area contributed by atoms with Crippen LogP contribution < -0.4 is 48.3 Å². The number of ether oxygens (including phenoxy) is 3. The summed E-state index contributed by atoms with van der Waals surface area (Å²) in [5.74, 6) is -18.9. The van der Waals surface area contributed by atoms with Crippen LogP contribution in [0.25, 0.3) is 0 Å². The van der Waals surface area contributed by atoms with Crippen LogP contribution in [0.2, 0.25) is 0 Å². The molecule has 0 rings (SSSR count). The van der Waals surface area contributed by atoms with Crippen LogP contribution in [0, 0.1) is 0 Å². The first-order chi connectivity index (χ1) is 38.0. The number of amides is 9. The minimum Gasteiger partial charge on any atom is -0.480 e. The Hall–Kier alpha value is -9.01. The van der Waals surface area contributed by atoms with Gasteiger partial charge in [0.1, 0.15) is 48.3 Å². The number of rotatable bonds is 42. The van der Waals surface area contributed by atoms with Gasteiger partial charge in [-0.25, -0.2) is 38.4 Å². The first-order valence-corrected chi connectivity index (χ1v) is 25.0. The van der Waals surface area contributed by atoms with Crippen molar-refractivity contribution in [3.63, 3.8) is 0 Å². The summed E-state index contributed by atoms with van der Waals surface area (Å²) in [5.41, 5.74) is 5.07. The van der Waals surface area contributed by atoms with Crippen molar-refractivity contribution in [3.05, 3.63) is 0 Å². The second-order valence-electron chi connectivity index (χ2n) is 17.7. The molecule has 0 radical (unpaired) electrons. The number of aliphatic carboxylic acids is 5. The number of carbonyl (C=O) groups is 17. The van der Waals surface area contributed by atoms with E-state index in [1.54, 1.807) is 6.92 Å². The molecule has 454 valence electrons. The van der Waals surface area contributed by atoms with Crippen LogP contribution in [-0.2, 0) is 95.7 Å². The largest absolute Gasteiger partial charge is 0.480 e. The molecule has 34 nitrogen and oxygen atoms in total. The van der Waals surface area contributed by atoms with E-state index in [1.165, 1.54) is 0 Å². The maximum Gasteiger partial charge on any atom is 0.328 e. The van der Waals surface area contributed by atoms with Gasteiger partial charge in [0.25, 0.3) is 0 Å². The number of hydrogen-bond acceptors (Lipinski definition) is 20. The molecule has 0 aromatic heterocycles. The fourth-order valence-electron chi connectivity index (χ4n) is 7.03. The molecule has 0 aromatic carbocycles. The normalized spacial score (nSPS) is 13.6. The first-order valence-electron chi connectivity index (χ1n) is 25.0. The molecule has 34 heteroatoms. The van der Waals surface area contributed by atoms with Crippen LogP contribution in [-0.4, -0.2) is 196 Å². The van der Waals surface area contributed by atoms with Crippen molar-refractivity contribution in [1.82, 2.24) is 42.5 Å². The van der Waals surface area contributed by atoms with Crippen LogP contribution in [0.15, 0.2) is 0 Å². The average Bonchev–Trinajstić information content (AvgIpc) is 3.39. The van der Waals surface area contributed by atoms with Crippen LogP contribution >= 0.6 is 0 Å². The average molecular weight is 1160 g/mol. The smallest absolute Gasteiger partial charge is 0.328 e. The number of carbonyl (C=O) groups excluding carboxylic acids is 12. The number of nitrogens with two attached hydrogens (primary N) is 1. The van der Waals surface area contributed by atoms with Gasteiger partial charge in [-0.3, -0.25) is 43.2 Å². The van der Waals surface area contributed by atoms with Crippen LogP contribution in [0.3, 0.4) is 0 Å². The Balaban J connectivity index is 5.34. The van der Waals surface area contributed by atoms with Crippen molar-refractivity contribution in [3.8, 4) is 0 Å². The molecule has 0 aromatic rings. The van der Waals surface area contributed by atoms with Crippen molar-refractivity contribution in [2.45, 2.75) is 171 Å². The molecule has 8 unspecified atom stereocenters. The van der Waals surface area contributed by atoms with Crippen molar-refractivity contribution >= 4 is 101 Å². The van der Waals surface area contributed by atoms with Crippen molar-refractivity contribution in [1.29, 1.82) is 0 Å². The highest BCUT2D eigenvalue weighted by atomic mass is 16.5. The number of carboxylic acid groups (broad SMARTS) is 5. The molecule has 8 atom stereocenters. The molecule has 9 amide bonds. The summed E-state index contributed by atoms with van der Waals surface area (Å²) in [6.45, 7) is 1.70. The van der Waals surface area contributed by atoms with Crippen molar-refractivity contribution in [2.24, 2.45) is 5.73 Å². The van der Waals surface area contributed by atoms with Crippen LogP contribution in [0.4, 0.5) is 0 Å². The Bertz CT molecular complexity index is 2300. The SMILES string of the molecule is CCCC(=O)NC(CCC(=O)NC(CCC(=O)NC(CCC(=O)NC(CCC(=O)NC(CCC(=O)NC(CCC(=O)NC(CCC(=O)NC(CCC(N)=O)C(=O)OC)C(=O)O)C(=O)O)C(=O)OC)C(=O)O)C(=O)O)C(=O)OC)C(=O)O. The lowest BCUT2D eigenvalue weighted by atomic mass is 10.1. The quantitative estimate of drug-likeness (QED) is 0.0202. The fourth-order valence-corrected chi connectivity index (χ4v) is 7.03. The highest BCUT2D eigenvalue weighted by Crippen LogP contribution is 2.10. The van der Waals surface area contributed by atoms with E-state index in [-0.39, 0.29) is 25.7 Å². The Morgan fingerprint density at radius 1 is 0.296 bits per heavy atom. The molecule has 0 aliphatic carbocycles. The third-order valence-electron chi connectivity index (χ3n) is 11.4. The minimum absolute atomic E-state index is 0.0437. The number of hydrogen-bond donors (Lipinski definition) is 14. The summed E-state index contributed by atoms with van der Waals surface area (Å²) in [6, 6.07) is -12.6. The number of carboxylic acids is 5. The maximum absolute atomic E-state index is 12.9. The van der Waals surface area contributed by atoms with Gasteiger partial charge in [-0.2, -0.15) is 0 Å². The Kier molecular flexibility index (Phi) is 34.3. The van der Waals surface area contributed by atoms with E-state index in [4.69, 9.17) is 5.73 Å². The van der Waals surface area contributed by atoms with Gasteiger partial charge in [-0.05, 0) is 57.8 Å². The topological polar surface area (TPSA) is 541 Å². The van der Waals surface area contributed by atoms with E-state index in [0.717, 1.165) is 21.3 Å². The lowest BCUT2D eigenvalue weighted by Gasteiger charge is -2.20. The standard InChI is InChI=1S/C47H71N9O25/c1-5-6-32(58)49-23(40(66)67)10-18-38(64)55-29(46(77)80-3)13-21-35(61)52-25(42(70)71)9-17-34(60)51-27(44(74)75)12-20-39(65)56-30(47(78)81-4)14-22-36(62)53-24(41(68)69)8-16-33(59)50-26(43(72)73)11-19-37(63)54-28(45(76)79-2)7-15-31(48)57/h23-30H,5-22H2,1-4H3,(H2,48,57)(H,49,58)(H,50,59)(H,51,60)(H,52,61)(H,53,62)(H,54,63)(H,55,64)(H,56,65)(H,66,67)(H,68,69)(H,70,71)(H,72,73)(H,74,75). The van der Waals surface area contributed by atoms with E-state index in [0.29, 0.717) is 6.42 Å². The van der Waals surface area contributed by atoms with E-state index in [1.807, 2.05) is 0 Å². The van der Waals surface area contributed by atoms with Crippen molar-refractivity contribution in [2.75, 3.05) is 21.3 Å². The molecule has 0 spiro atoms. The highest BCUT2D eigenvalue weighted by Gasteiger charge is 2.31. The van der Waals surface area contributed by atoms with Gasteiger partial charge in [0.05, 0.1) is 21.3 Å². The molecule has 15 N–H and O–H groups in total. The van der Waals surface area contributed by atoms with Gasteiger partial charge in [0, 0.05) is 57.8 Å². The molecule has 0 aliphatic heterocycles. The van der Waals surface area contributed by atoms with Gasteiger partial charge in [0.15, 0.2) is 0 Å². The molecule has 81 heavy (non-hydrogen) atoms. The zero-order valence-electron chi connectivity index (χ0n) is 44.8. The zero-order valence-corrected chi connectivity index (χ0v) is 44.8. The van der Waals surface area contributed by atoms with E-state index in [9.17, 15) is 107 Å². The number of methoxy groups -OCH3 is 3. The summed E-state index contributed by atoms with van der Waals surface area (Å²) in [4.78, 5) is 208. The Labute approximate surface area is 461 Å². The maximum atomic E-state index is 12.9. The molecule has 0 aliphatic rings. The van der Waals surface area contributed by atoms with Gasteiger partial charge in [-0.15, -0.1) is 0 Å². The van der Waals surface area contributed by atoms with E-state index in [2.05, 4.69) is 56.7 Å². The summed E-state index contributed by atoms with van der Waals surface area (Å²) >= 11 is 0. The fraction of sp³-hybridized carbons (Fsp3) is 0.638. The highest BCUT2D eigenvalue weighted by molar-refractivity contribution is 5.91. The molecular weight excluding hydrogens is 1090 g/mol. The van der Waals surface area contributed by atoms with Crippen LogP contribution in [0.1, 0.15) is 122 Å². The summed E-state index contributed by atoms with van der Waals surface area (Å²) in [7, 11) is 2.93. The second-order valence-corrected chi connectivity index (χ2v) is 17.7. The summed E-state index contributed by atoms with van der Waals surface area (Å²) < 4.78 is 13.8. The van der Waals surface area contributed by atoms with Gasteiger partial charge >= 0.3 is 47.8 Å². The van der Waals surface area contributed by atoms with Gasteiger partial charge in [-0.1, -0.05) is 6.92 Å². The Morgan fingerprint density at radius 2 is 0.457 bits per heavy atom. The molecular formula is C47H71N9O25. The molecule has 0 bridgehead atoms. The Morgan fingerprint density at radius 3 is 0.617 bits per heavy atom. The van der Waals surface area contributed by atoms with Crippen molar-refractivity contribution < 1.29 is 121 Å². The third kappa shape index (κ3) is 31.2. The van der Waals surface area contributed by atoms with E-state index >= 15 is 0 Å². The molecule has 0 saturated carbocycles. The predicted octanol–water partition coefficient (Wildman–Crippen LogP) is -4.67.